The van der Waals surface area contributed by atoms with Gasteiger partial charge in [0.2, 0.25) is 0 Å². The highest BCUT2D eigenvalue weighted by Gasteiger charge is 2.40. The molecule has 2 N–H and O–H groups in total. The topological polar surface area (TPSA) is 91.3 Å². The van der Waals surface area contributed by atoms with Gasteiger partial charge in [-0.15, -0.1) is 0 Å². The molecule has 3 heterocycles. The second-order valence-electron chi connectivity index (χ2n) is 12.9. The highest BCUT2D eigenvalue weighted by molar-refractivity contribution is 5.94. The number of carbonyl (C=O) groups excluding carboxylic acids is 1. The second kappa shape index (κ2) is 14.2. The first-order valence-corrected chi connectivity index (χ1v) is 15.8. The van der Waals surface area contributed by atoms with Crippen molar-refractivity contribution in [2.24, 2.45) is 5.92 Å². The van der Waals surface area contributed by atoms with Crippen LogP contribution in [0.2, 0.25) is 0 Å². The van der Waals surface area contributed by atoms with E-state index in [1.165, 1.54) is 0 Å². The molecule has 2 amide bonds. The molecule has 0 unspecified atom stereocenters. The van der Waals surface area contributed by atoms with Gasteiger partial charge in [-0.3, -0.25) is 4.90 Å². The summed E-state index contributed by atoms with van der Waals surface area (Å²) in [5.74, 6) is 1.19. The summed E-state index contributed by atoms with van der Waals surface area (Å²) in [4.78, 5) is 28.7. The first-order valence-electron chi connectivity index (χ1n) is 15.8. The van der Waals surface area contributed by atoms with E-state index in [0.717, 1.165) is 79.0 Å². The Kier molecular flexibility index (Phi) is 10.1. The summed E-state index contributed by atoms with van der Waals surface area (Å²) >= 11 is 0. The second-order valence-corrected chi connectivity index (χ2v) is 12.9. The van der Waals surface area contributed by atoms with Gasteiger partial charge in [0.05, 0.1) is 18.3 Å². The molecule has 0 aliphatic carbocycles. The fourth-order valence-corrected chi connectivity index (χ4v) is 6.29. The molecule has 3 aliphatic rings. The van der Waals surface area contributed by atoms with Gasteiger partial charge in [-0.05, 0) is 107 Å². The zero-order valence-electron chi connectivity index (χ0n) is 26.1. The molecule has 2 bridgehead atoms. The van der Waals surface area contributed by atoms with Gasteiger partial charge in [0, 0.05) is 18.7 Å². The largest absolute Gasteiger partial charge is 0.494 e. The van der Waals surface area contributed by atoms with Gasteiger partial charge >= 0.3 is 12.2 Å². The maximum absolute atomic E-state index is 12.8. The zero-order chi connectivity index (χ0) is 31.1. The molecule has 0 aromatic heterocycles. The highest BCUT2D eigenvalue weighted by Crippen LogP contribution is 2.39. The lowest BCUT2D eigenvalue weighted by Crippen LogP contribution is -2.59. The van der Waals surface area contributed by atoms with Gasteiger partial charge in [0.15, 0.2) is 0 Å². The summed E-state index contributed by atoms with van der Waals surface area (Å²) in [5.41, 5.74) is 4.44. The number of rotatable bonds is 11. The van der Waals surface area contributed by atoms with Gasteiger partial charge in [-0.2, -0.15) is 0 Å². The van der Waals surface area contributed by atoms with Crippen molar-refractivity contribution in [1.82, 2.24) is 10.2 Å². The number of alkyl carbamates (subject to hydrolysis) is 1. The number of piperidine rings is 3. The molecule has 0 radical (unpaired) electrons. The van der Waals surface area contributed by atoms with E-state index in [2.05, 4.69) is 28.4 Å². The molecule has 3 aromatic rings. The van der Waals surface area contributed by atoms with E-state index in [1.807, 2.05) is 75.4 Å². The smallest absolute Gasteiger partial charge is 0.412 e. The third-order valence-electron chi connectivity index (χ3n) is 8.45. The first kappa shape index (κ1) is 31.4. The lowest BCUT2D eigenvalue weighted by atomic mass is 9.82. The van der Waals surface area contributed by atoms with Crippen molar-refractivity contribution in [1.29, 1.82) is 0 Å². The molecule has 234 valence electrons. The Morgan fingerprint density at radius 3 is 2.30 bits per heavy atom. The number of hydrogen-bond donors (Lipinski definition) is 2. The lowest BCUT2D eigenvalue weighted by molar-refractivity contribution is 0.0528. The van der Waals surface area contributed by atoms with Crippen molar-refractivity contribution >= 4 is 17.9 Å². The van der Waals surface area contributed by atoms with Crippen molar-refractivity contribution in [3.8, 4) is 16.9 Å². The molecule has 3 fully saturated rings. The Hall–Kier alpha value is -4.04. The van der Waals surface area contributed by atoms with Crippen LogP contribution in [-0.4, -0.2) is 66.6 Å². The van der Waals surface area contributed by atoms with Crippen LogP contribution < -0.4 is 15.0 Å². The number of carboxylic acid groups (broad SMARTS) is 1. The van der Waals surface area contributed by atoms with E-state index >= 15 is 0 Å². The Balaban J connectivity index is 1.19. The van der Waals surface area contributed by atoms with Crippen molar-refractivity contribution in [3.63, 3.8) is 0 Å². The van der Waals surface area contributed by atoms with Gasteiger partial charge in [-0.1, -0.05) is 54.6 Å². The van der Waals surface area contributed by atoms with E-state index in [9.17, 15) is 14.7 Å². The van der Waals surface area contributed by atoms with Crippen LogP contribution >= 0.6 is 0 Å². The summed E-state index contributed by atoms with van der Waals surface area (Å²) in [5, 5.41) is 13.3. The van der Waals surface area contributed by atoms with Crippen molar-refractivity contribution in [2.45, 2.75) is 64.5 Å². The SMILES string of the molecule is CC(C)(C)OC(=O)NCCc1ccc(OCCCc2ccc(-c3ccccc3)c(N(C(=O)O)[C@H]3CN4CCC3CC4)c2)cc1. The number of carbonyl (C=O) groups is 2. The molecule has 0 saturated carbocycles. The van der Waals surface area contributed by atoms with Crippen LogP contribution in [0.4, 0.5) is 15.3 Å². The lowest BCUT2D eigenvalue weighted by Gasteiger charge is -2.48. The van der Waals surface area contributed by atoms with Gasteiger partial charge < -0.3 is 24.8 Å². The Labute approximate surface area is 261 Å². The fourth-order valence-electron chi connectivity index (χ4n) is 6.29. The standard InChI is InChI=1S/C36H45N3O5/c1-36(2,3)44-34(40)37-20-17-26-11-14-30(15-12-26)43-23-7-8-27-13-16-31(28-9-5-4-6-10-28)32(24-27)39(35(41)42)33-25-38-21-18-29(33)19-22-38/h4-6,9-16,24,29,33H,7-8,17-23,25H2,1-3H3,(H,37,40)(H,41,42)/t33-/m0/s1. The average Bonchev–Trinajstić information content (AvgIpc) is 3.00. The quantitative estimate of drug-likeness (QED) is 0.231. The van der Waals surface area contributed by atoms with E-state index in [1.54, 1.807) is 4.90 Å². The van der Waals surface area contributed by atoms with Gasteiger partial charge in [0.1, 0.15) is 11.4 Å². The third kappa shape index (κ3) is 8.32. The Morgan fingerprint density at radius 1 is 0.955 bits per heavy atom. The molecule has 1 atom stereocenters. The number of amides is 2. The number of nitrogens with one attached hydrogen (secondary N) is 1. The molecule has 6 rings (SSSR count). The maximum Gasteiger partial charge on any atom is 0.412 e. The van der Waals surface area contributed by atoms with E-state index in [-0.39, 0.29) is 6.04 Å². The minimum atomic E-state index is -0.884. The first-order chi connectivity index (χ1) is 21.2. The van der Waals surface area contributed by atoms with E-state index in [4.69, 9.17) is 9.47 Å². The van der Waals surface area contributed by atoms with Crippen LogP contribution in [0.5, 0.6) is 5.75 Å². The summed E-state index contributed by atoms with van der Waals surface area (Å²) in [7, 11) is 0. The van der Waals surface area contributed by atoms with Crippen molar-refractivity contribution < 1.29 is 24.2 Å². The summed E-state index contributed by atoms with van der Waals surface area (Å²) in [6.45, 7) is 9.51. The summed E-state index contributed by atoms with van der Waals surface area (Å²) in [6.07, 6.45) is 3.10. The number of benzene rings is 3. The van der Waals surface area contributed by atoms with Crippen LogP contribution in [0, 0.1) is 5.92 Å². The minimum Gasteiger partial charge on any atom is -0.494 e. The number of ether oxygens (including phenoxy) is 2. The van der Waals surface area contributed by atoms with Crippen LogP contribution in [-0.2, 0) is 17.6 Å². The van der Waals surface area contributed by atoms with Crippen molar-refractivity contribution in [2.75, 3.05) is 37.7 Å². The Bertz CT molecular complexity index is 1400. The fraction of sp³-hybridized carbons (Fsp3) is 0.444. The maximum atomic E-state index is 12.8. The monoisotopic (exact) mass is 599 g/mol. The molecular formula is C36H45N3O5. The summed E-state index contributed by atoms with van der Waals surface area (Å²) in [6, 6.07) is 24.2. The molecular weight excluding hydrogens is 554 g/mol. The number of fused-ring (bicyclic) bond motifs is 3. The Morgan fingerprint density at radius 2 is 1.66 bits per heavy atom. The molecule has 3 saturated heterocycles. The normalized spacial score (nSPS) is 19.3. The molecule has 44 heavy (non-hydrogen) atoms. The van der Waals surface area contributed by atoms with Crippen molar-refractivity contribution in [3.05, 3.63) is 83.9 Å². The number of anilines is 1. The molecule has 0 spiro atoms. The predicted octanol–water partition coefficient (Wildman–Crippen LogP) is 7.01. The zero-order valence-corrected chi connectivity index (χ0v) is 26.1. The molecule has 8 nitrogen and oxygen atoms in total. The molecule has 3 aliphatic heterocycles. The number of aryl methyl sites for hydroxylation is 1. The van der Waals surface area contributed by atoms with Crippen LogP contribution in [0.3, 0.4) is 0 Å². The van der Waals surface area contributed by atoms with Crippen LogP contribution in [0.25, 0.3) is 11.1 Å². The summed E-state index contributed by atoms with van der Waals surface area (Å²) < 4.78 is 11.3. The number of nitrogens with zero attached hydrogens (tertiary/aromatic N) is 2. The van der Waals surface area contributed by atoms with Crippen LogP contribution in [0.1, 0.15) is 51.2 Å². The van der Waals surface area contributed by atoms with Crippen LogP contribution in [0.15, 0.2) is 72.8 Å². The molecule has 3 aromatic carbocycles. The third-order valence-corrected chi connectivity index (χ3v) is 8.45. The molecule has 8 heteroatoms. The minimum absolute atomic E-state index is 0.0351. The van der Waals surface area contributed by atoms with Gasteiger partial charge in [-0.25, -0.2) is 9.59 Å². The average molecular weight is 600 g/mol. The number of hydrogen-bond acceptors (Lipinski definition) is 5. The van der Waals surface area contributed by atoms with Gasteiger partial charge in [0.25, 0.3) is 0 Å². The highest BCUT2D eigenvalue weighted by atomic mass is 16.6. The predicted molar refractivity (Wildman–Crippen MR) is 174 cm³/mol. The van der Waals surface area contributed by atoms with E-state index in [0.29, 0.717) is 25.5 Å². The van der Waals surface area contributed by atoms with E-state index < -0.39 is 17.8 Å².